The van der Waals surface area contributed by atoms with E-state index in [1.165, 1.54) is 11.3 Å². The zero-order valence-electron chi connectivity index (χ0n) is 7.73. The molecule has 1 heterocycles. The highest BCUT2D eigenvalue weighted by Crippen LogP contribution is 2.15. The third kappa shape index (κ3) is 3.56. The second-order valence-corrected chi connectivity index (χ2v) is 5.71. The van der Waals surface area contributed by atoms with Crippen LogP contribution in [0.15, 0.2) is 0 Å². The van der Waals surface area contributed by atoms with Crippen molar-refractivity contribution in [3.63, 3.8) is 0 Å². The zero-order chi connectivity index (χ0) is 10.6. The van der Waals surface area contributed by atoms with Gasteiger partial charge in [-0.15, -0.1) is 10.2 Å². The van der Waals surface area contributed by atoms with Crippen molar-refractivity contribution in [3.8, 4) is 0 Å². The van der Waals surface area contributed by atoms with Crippen molar-refractivity contribution in [2.75, 3.05) is 17.0 Å². The lowest BCUT2D eigenvalue weighted by molar-refractivity contribution is 0.598. The average molecular weight is 236 g/mol. The molecule has 0 saturated carbocycles. The van der Waals surface area contributed by atoms with E-state index in [1.54, 1.807) is 6.92 Å². The van der Waals surface area contributed by atoms with Crippen LogP contribution < -0.4 is 10.5 Å². The maximum absolute atomic E-state index is 11.3. The highest BCUT2D eigenvalue weighted by atomic mass is 32.2. The Labute approximate surface area is 86.6 Å². The van der Waals surface area contributed by atoms with Crippen LogP contribution in [0.5, 0.6) is 0 Å². The summed E-state index contributed by atoms with van der Waals surface area (Å²) in [6, 6.07) is 0. The van der Waals surface area contributed by atoms with Crippen molar-refractivity contribution >= 4 is 26.5 Å². The highest BCUT2D eigenvalue weighted by Gasteiger charge is 2.11. The third-order valence-corrected chi connectivity index (χ3v) is 3.60. The molecule has 14 heavy (non-hydrogen) atoms. The first-order valence-corrected chi connectivity index (χ1v) is 6.51. The summed E-state index contributed by atoms with van der Waals surface area (Å²) in [5.74, 6) is 0.0160. The topological polar surface area (TPSA) is 98.0 Å². The van der Waals surface area contributed by atoms with Crippen molar-refractivity contribution in [1.29, 1.82) is 0 Å². The number of nitrogens with one attached hydrogen (secondary N) is 1. The predicted molar refractivity (Wildman–Crippen MR) is 55.7 cm³/mol. The van der Waals surface area contributed by atoms with E-state index in [0.717, 1.165) is 5.01 Å². The lowest BCUT2D eigenvalue weighted by Gasteiger charge is -2.02. The van der Waals surface area contributed by atoms with E-state index < -0.39 is 10.0 Å². The van der Waals surface area contributed by atoms with Crippen molar-refractivity contribution in [1.82, 2.24) is 10.2 Å². The Morgan fingerprint density at radius 2 is 2.21 bits per heavy atom. The van der Waals surface area contributed by atoms with E-state index in [9.17, 15) is 8.42 Å². The molecule has 0 aliphatic carbocycles. The third-order valence-electron chi connectivity index (χ3n) is 1.39. The zero-order valence-corrected chi connectivity index (χ0v) is 9.36. The quantitative estimate of drug-likeness (QED) is 0.746. The molecule has 0 spiro atoms. The molecule has 0 aromatic carbocycles. The molecule has 0 radical (unpaired) electrons. The minimum atomic E-state index is -3.31. The molecule has 6 nitrogen and oxygen atoms in total. The molecule has 8 heteroatoms. The Hall–Kier alpha value is -0.730. The minimum absolute atomic E-state index is 0.0160. The fourth-order valence-corrected chi connectivity index (χ4v) is 2.74. The Morgan fingerprint density at radius 3 is 2.71 bits per heavy atom. The van der Waals surface area contributed by atoms with E-state index >= 15 is 0 Å². The summed E-state index contributed by atoms with van der Waals surface area (Å²) in [6.07, 6.45) is 0.438. The predicted octanol–water partition coefficient (Wildman–Crippen LogP) is -0.0630. The molecule has 1 aromatic heterocycles. The summed E-state index contributed by atoms with van der Waals surface area (Å²) in [4.78, 5) is 0. The smallest absolute Gasteiger partial charge is 0.234 e. The first-order valence-electron chi connectivity index (χ1n) is 4.04. The number of aromatic nitrogens is 2. The van der Waals surface area contributed by atoms with Crippen molar-refractivity contribution in [3.05, 3.63) is 5.01 Å². The van der Waals surface area contributed by atoms with E-state index in [4.69, 9.17) is 5.73 Å². The van der Waals surface area contributed by atoms with Gasteiger partial charge in [0.1, 0.15) is 5.01 Å². The van der Waals surface area contributed by atoms with Crippen LogP contribution in [0.4, 0.5) is 5.13 Å². The number of anilines is 1. The molecule has 0 amide bonds. The van der Waals surface area contributed by atoms with Gasteiger partial charge < -0.3 is 5.73 Å². The standard InChI is InChI=1S/C6H12N4O2S2/c1-5-8-9-6(13-5)10-14(11,12)4-2-3-7/h2-4,7H2,1H3,(H,9,10). The van der Waals surface area contributed by atoms with Gasteiger partial charge in [0.05, 0.1) is 5.75 Å². The lowest BCUT2D eigenvalue weighted by atomic mass is 10.5. The SMILES string of the molecule is Cc1nnc(NS(=O)(=O)CCCN)s1. The number of aryl methyl sites for hydroxylation is 1. The average Bonchev–Trinajstić information content (AvgIpc) is 2.47. The van der Waals surface area contributed by atoms with Crippen LogP contribution in [0.2, 0.25) is 0 Å². The van der Waals surface area contributed by atoms with Crippen LogP contribution in [0.25, 0.3) is 0 Å². The van der Waals surface area contributed by atoms with Crippen LogP contribution in [0.3, 0.4) is 0 Å². The number of hydrogen-bond donors (Lipinski definition) is 2. The number of nitrogens with two attached hydrogens (primary N) is 1. The molecule has 0 bridgehead atoms. The van der Waals surface area contributed by atoms with Gasteiger partial charge in [0.15, 0.2) is 0 Å². The van der Waals surface area contributed by atoms with Gasteiger partial charge in [0.2, 0.25) is 15.2 Å². The molecule has 80 valence electrons. The van der Waals surface area contributed by atoms with Crippen LogP contribution in [-0.4, -0.2) is 30.9 Å². The van der Waals surface area contributed by atoms with E-state index in [0.29, 0.717) is 18.1 Å². The van der Waals surface area contributed by atoms with Gasteiger partial charge in [0.25, 0.3) is 0 Å². The second kappa shape index (κ2) is 4.67. The summed E-state index contributed by atoms with van der Waals surface area (Å²) in [6.45, 7) is 2.12. The fourth-order valence-electron chi connectivity index (χ4n) is 0.795. The fraction of sp³-hybridized carbons (Fsp3) is 0.667. The number of hydrogen-bond acceptors (Lipinski definition) is 6. The van der Waals surface area contributed by atoms with Gasteiger partial charge in [0, 0.05) is 0 Å². The van der Waals surface area contributed by atoms with Crippen LogP contribution in [-0.2, 0) is 10.0 Å². The highest BCUT2D eigenvalue weighted by molar-refractivity contribution is 7.92. The monoisotopic (exact) mass is 236 g/mol. The van der Waals surface area contributed by atoms with Crippen LogP contribution in [0.1, 0.15) is 11.4 Å². The van der Waals surface area contributed by atoms with E-state index in [-0.39, 0.29) is 5.75 Å². The Kier molecular flexibility index (Phi) is 3.78. The normalized spacial score (nSPS) is 11.6. The van der Waals surface area contributed by atoms with Gasteiger partial charge in [-0.3, -0.25) is 4.72 Å². The molecule has 0 aliphatic rings. The first-order chi connectivity index (χ1) is 6.53. The minimum Gasteiger partial charge on any atom is -0.330 e. The molecule has 0 aliphatic heterocycles. The number of sulfonamides is 1. The Morgan fingerprint density at radius 1 is 1.50 bits per heavy atom. The number of rotatable bonds is 5. The second-order valence-electron chi connectivity index (χ2n) is 2.69. The number of nitrogens with zero attached hydrogens (tertiary/aromatic N) is 2. The molecule has 1 rings (SSSR count). The largest absolute Gasteiger partial charge is 0.330 e. The molecular weight excluding hydrogens is 224 g/mol. The van der Waals surface area contributed by atoms with Crippen LogP contribution in [0, 0.1) is 6.92 Å². The van der Waals surface area contributed by atoms with E-state index in [1.807, 2.05) is 0 Å². The lowest BCUT2D eigenvalue weighted by Crippen LogP contribution is -2.18. The summed E-state index contributed by atoms with van der Waals surface area (Å²) >= 11 is 1.20. The maximum Gasteiger partial charge on any atom is 0.234 e. The van der Waals surface area contributed by atoms with Gasteiger partial charge in [-0.2, -0.15) is 0 Å². The van der Waals surface area contributed by atoms with Gasteiger partial charge >= 0.3 is 0 Å². The molecule has 3 N–H and O–H groups in total. The summed E-state index contributed by atoms with van der Waals surface area (Å²) in [7, 11) is -3.31. The molecule has 0 atom stereocenters. The summed E-state index contributed by atoms with van der Waals surface area (Å²) in [5.41, 5.74) is 5.22. The summed E-state index contributed by atoms with van der Waals surface area (Å²) < 4.78 is 25.0. The van der Waals surface area contributed by atoms with Crippen molar-refractivity contribution in [2.45, 2.75) is 13.3 Å². The molecule has 1 aromatic rings. The van der Waals surface area contributed by atoms with Crippen molar-refractivity contribution in [2.24, 2.45) is 5.73 Å². The molecule has 0 fully saturated rings. The first kappa shape index (κ1) is 11.3. The molecular formula is C6H12N4O2S2. The van der Waals surface area contributed by atoms with Crippen LogP contribution >= 0.6 is 11.3 Å². The van der Waals surface area contributed by atoms with Gasteiger partial charge in [-0.05, 0) is 19.9 Å². The molecule has 0 saturated heterocycles. The Bertz CT molecular complexity index is 386. The maximum atomic E-state index is 11.3. The van der Waals surface area contributed by atoms with Crippen molar-refractivity contribution < 1.29 is 8.42 Å². The molecule has 0 unspecified atom stereocenters. The van der Waals surface area contributed by atoms with Gasteiger partial charge in [-0.1, -0.05) is 11.3 Å². The summed E-state index contributed by atoms with van der Waals surface area (Å²) in [5, 5.41) is 8.38. The van der Waals surface area contributed by atoms with E-state index in [2.05, 4.69) is 14.9 Å². The Balaban J connectivity index is 2.59. The van der Waals surface area contributed by atoms with Gasteiger partial charge in [-0.25, -0.2) is 8.42 Å².